The van der Waals surface area contributed by atoms with Gasteiger partial charge in [-0.05, 0) is 25.7 Å². The van der Waals surface area contributed by atoms with Gasteiger partial charge in [0.1, 0.15) is 0 Å². The maximum Gasteiger partial charge on any atom is 0.185 e. The summed E-state index contributed by atoms with van der Waals surface area (Å²) in [6.07, 6.45) is 6.81. The monoisotopic (exact) mass is 166 g/mol. The first-order chi connectivity index (χ1) is 5.81. The van der Waals surface area contributed by atoms with E-state index < -0.39 is 0 Å². The number of hydrogen-bond acceptors (Lipinski definition) is 1. The Kier molecular flexibility index (Phi) is 3.51. The van der Waals surface area contributed by atoms with Gasteiger partial charge in [0.05, 0.1) is 0 Å². The predicted octanol–water partition coefficient (Wildman–Crippen LogP) is 2.61. The Balaban J connectivity index is 2.28. The minimum Gasteiger partial charge on any atom is -0.289 e. The lowest BCUT2D eigenvalue weighted by molar-refractivity contribution is 0.782. The molecule has 0 unspecified atom stereocenters. The molecule has 0 bridgehead atoms. The Labute approximate surface area is 74.5 Å². The van der Waals surface area contributed by atoms with Crippen LogP contribution in [0.4, 0.5) is 0 Å². The van der Waals surface area contributed by atoms with Crippen molar-refractivity contribution in [1.82, 2.24) is 0 Å². The summed E-state index contributed by atoms with van der Waals surface area (Å²) in [5.74, 6) is 0. The highest BCUT2D eigenvalue weighted by Gasteiger charge is 2.19. The van der Waals surface area contributed by atoms with E-state index >= 15 is 0 Å². The van der Waals surface area contributed by atoms with Crippen LogP contribution in [0.5, 0.6) is 0 Å². The predicted molar refractivity (Wildman–Crippen MR) is 52.3 cm³/mol. The van der Waals surface area contributed by atoms with Crippen molar-refractivity contribution in [2.75, 3.05) is 0 Å². The molecule has 0 heterocycles. The lowest BCUT2D eigenvalue weighted by atomic mass is 10.2. The van der Waals surface area contributed by atoms with Gasteiger partial charge in [-0.2, -0.15) is 0 Å². The molecule has 0 fully saturated rings. The minimum absolute atomic E-state index is 0.386. The topological polar surface area (TPSA) is 17.1 Å². The van der Waals surface area contributed by atoms with E-state index in [0.29, 0.717) is 5.43 Å². The number of rotatable bonds is 6. The van der Waals surface area contributed by atoms with Crippen LogP contribution in [0.15, 0.2) is 4.79 Å². The van der Waals surface area contributed by atoms with Crippen LogP contribution >= 0.6 is 0 Å². The maximum absolute atomic E-state index is 11.2. The molecule has 1 nitrogen and oxygen atoms in total. The second kappa shape index (κ2) is 4.44. The Morgan fingerprint density at radius 1 is 0.917 bits per heavy atom. The van der Waals surface area contributed by atoms with E-state index in [1.807, 2.05) is 0 Å². The molecule has 0 atom stereocenters. The Bertz CT molecular complexity index is 218. The van der Waals surface area contributed by atoms with Gasteiger partial charge in [0, 0.05) is 11.1 Å². The molecule has 0 saturated heterocycles. The third-order valence-corrected chi connectivity index (χ3v) is 2.41. The number of unbranched alkanes of at least 4 members (excludes halogenated alkanes) is 2. The molecule has 0 aliphatic rings. The van der Waals surface area contributed by atoms with Crippen LogP contribution in [0.2, 0.25) is 0 Å². The third-order valence-electron chi connectivity index (χ3n) is 2.41. The summed E-state index contributed by atoms with van der Waals surface area (Å²) in [6.45, 7) is 4.33. The lowest BCUT2D eigenvalue weighted by Crippen LogP contribution is -1.82. The Hall–Kier alpha value is -0.590. The van der Waals surface area contributed by atoms with Gasteiger partial charge in [-0.25, -0.2) is 0 Å². The van der Waals surface area contributed by atoms with Crippen LogP contribution in [0, 0.1) is 0 Å². The third kappa shape index (κ3) is 2.20. The highest BCUT2D eigenvalue weighted by molar-refractivity contribution is 5.39. The summed E-state index contributed by atoms with van der Waals surface area (Å²) in [5, 5.41) is 0. The van der Waals surface area contributed by atoms with Crippen LogP contribution in [0.3, 0.4) is 0 Å². The van der Waals surface area contributed by atoms with E-state index in [2.05, 4.69) is 13.8 Å². The maximum atomic E-state index is 11.2. The molecule has 12 heavy (non-hydrogen) atoms. The molecule has 0 N–H and O–H groups in total. The quantitative estimate of drug-likeness (QED) is 0.635. The first-order valence-corrected chi connectivity index (χ1v) is 5.08. The molecule has 1 heteroatoms. The molecule has 0 aliphatic heterocycles. The van der Waals surface area contributed by atoms with E-state index in [1.54, 1.807) is 0 Å². The second-order valence-corrected chi connectivity index (χ2v) is 3.49. The first kappa shape index (κ1) is 9.50. The van der Waals surface area contributed by atoms with E-state index in [1.165, 1.54) is 25.7 Å². The van der Waals surface area contributed by atoms with Gasteiger partial charge in [0.25, 0.3) is 0 Å². The zero-order valence-electron chi connectivity index (χ0n) is 8.15. The van der Waals surface area contributed by atoms with Gasteiger partial charge in [-0.1, -0.05) is 26.7 Å². The molecule has 1 aromatic rings. The smallest absolute Gasteiger partial charge is 0.185 e. The van der Waals surface area contributed by atoms with Crippen molar-refractivity contribution in [1.29, 1.82) is 0 Å². The van der Waals surface area contributed by atoms with Crippen molar-refractivity contribution in [2.45, 2.75) is 52.4 Å². The zero-order valence-corrected chi connectivity index (χ0v) is 8.15. The van der Waals surface area contributed by atoms with Crippen LogP contribution in [-0.4, -0.2) is 0 Å². The Morgan fingerprint density at radius 2 is 1.33 bits per heavy atom. The van der Waals surface area contributed by atoms with Gasteiger partial charge in [0.2, 0.25) is 0 Å². The summed E-state index contributed by atoms with van der Waals surface area (Å²) >= 11 is 0. The van der Waals surface area contributed by atoms with Gasteiger partial charge >= 0.3 is 0 Å². The molecule has 0 spiro atoms. The van der Waals surface area contributed by atoms with E-state index in [-0.39, 0.29) is 0 Å². The highest BCUT2D eigenvalue weighted by Crippen LogP contribution is 2.15. The van der Waals surface area contributed by atoms with E-state index in [4.69, 9.17) is 0 Å². The molecule has 1 rings (SSSR count). The van der Waals surface area contributed by atoms with Crippen LogP contribution < -0.4 is 5.43 Å². The second-order valence-electron chi connectivity index (χ2n) is 3.49. The zero-order chi connectivity index (χ0) is 8.97. The van der Waals surface area contributed by atoms with E-state index in [9.17, 15) is 4.79 Å². The largest absolute Gasteiger partial charge is 0.289 e. The molecule has 0 aromatic heterocycles. The SMILES string of the molecule is CCCCc1c(CCCC)c1=O. The molecule has 1 aromatic carbocycles. The summed E-state index contributed by atoms with van der Waals surface area (Å²) in [4.78, 5) is 11.2. The van der Waals surface area contributed by atoms with Gasteiger partial charge < -0.3 is 0 Å². The van der Waals surface area contributed by atoms with Crippen LogP contribution in [-0.2, 0) is 12.8 Å². The van der Waals surface area contributed by atoms with Gasteiger partial charge in [-0.15, -0.1) is 0 Å². The summed E-state index contributed by atoms with van der Waals surface area (Å²) in [5.41, 5.74) is 2.70. The molecular weight excluding hydrogens is 148 g/mol. The number of hydrogen-bond donors (Lipinski definition) is 0. The standard InChI is InChI=1S/C11H18O/c1-3-5-7-9-10(11(9)12)8-6-4-2/h3-8H2,1-2H3. The highest BCUT2D eigenvalue weighted by atomic mass is 16.1. The first-order valence-electron chi connectivity index (χ1n) is 5.08. The average molecular weight is 166 g/mol. The fourth-order valence-electron chi connectivity index (χ4n) is 1.48. The fourth-order valence-corrected chi connectivity index (χ4v) is 1.48. The Morgan fingerprint density at radius 3 is 1.67 bits per heavy atom. The normalized spacial score (nSPS) is 11.2. The van der Waals surface area contributed by atoms with Crippen molar-refractivity contribution in [2.24, 2.45) is 0 Å². The summed E-state index contributed by atoms with van der Waals surface area (Å²) in [6, 6.07) is 0. The van der Waals surface area contributed by atoms with E-state index in [0.717, 1.165) is 24.0 Å². The molecule has 0 saturated carbocycles. The summed E-state index contributed by atoms with van der Waals surface area (Å²) in [7, 11) is 0. The molecular formula is C11H18O. The van der Waals surface area contributed by atoms with Gasteiger partial charge in [0.15, 0.2) is 5.43 Å². The van der Waals surface area contributed by atoms with Crippen molar-refractivity contribution < 1.29 is 0 Å². The molecule has 0 radical (unpaired) electrons. The molecule has 68 valence electrons. The fraction of sp³-hybridized carbons (Fsp3) is 0.727. The molecule has 0 amide bonds. The van der Waals surface area contributed by atoms with Crippen LogP contribution in [0.25, 0.3) is 0 Å². The molecule has 0 aliphatic carbocycles. The van der Waals surface area contributed by atoms with Crippen molar-refractivity contribution >= 4 is 0 Å². The summed E-state index contributed by atoms with van der Waals surface area (Å²) < 4.78 is 0. The van der Waals surface area contributed by atoms with Crippen LogP contribution in [0.1, 0.15) is 50.7 Å². The van der Waals surface area contributed by atoms with Crippen molar-refractivity contribution in [3.05, 3.63) is 21.4 Å². The van der Waals surface area contributed by atoms with Gasteiger partial charge in [-0.3, -0.25) is 4.79 Å². The van der Waals surface area contributed by atoms with Crippen molar-refractivity contribution in [3.63, 3.8) is 0 Å². The van der Waals surface area contributed by atoms with Crippen molar-refractivity contribution in [3.8, 4) is 0 Å². The average Bonchev–Trinajstić information content (AvgIpc) is 2.69. The minimum atomic E-state index is 0.386. The lowest BCUT2D eigenvalue weighted by Gasteiger charge is -1.89.